The van der Waals surface area contributed by atoms with Crippen LogP contribution in [-0.2, 0) is 9.47 Å². The fourth-order valence-corrected chi connectivity index (χ4v) is 4.86. The van der Waals surface area contributed by atoms with Crippen molar-refractivity contribution in [3.05, 3.63) is 34.5 Å². The number of aldehydes is 1. The molecule has 2 aliphatic rings. The quantitative estimate of drug-likeness (QED) is 0.607. The summed E-state index contributed by atoms with van der Waals surface area (Å²) in [6.07, 6.45) is 3.13. The number of rotatable bonds is 5. The van der Waals surface area contributed by atoms with Crippen LogP contribution < -0.4 is 5.73 Å². The summed E-state index contributed by atoms with van der Waals surface area (Å²) in [7, 11) is 1.43. The Balaban J connectivity index is 1.63. The van der Waals surface area contributed by atoms with Gasteiger partial charge in [0.15, 0.2) is 17.8 Å². The minimum atomic E-state index is -1.36. The maximum absolute atomic E-state index is 15.5. The third kappa shape index (κ3) is 4.27. The number of allylic oxidation sites excluding steroid dienone is 2. The van der Waals surface area contributed by atoms with Crippen molar-refractivity contribution in [3.63, 3.8) is 0 Å². The summed E-state index contributed by atoms with van der Waals surface area (Å²) in [6.45, 7) is 7.71. The van der Waals surface area contributed by atoms with Crippen molar-refractivity contribution >= 4 is 40.8 Å². The van der Waals surface area contributed by atoms with Crippen LogP contribution in [0.5, 0.6) is 0 Å². The summed E-state index contributed by atoms with van der Waals surface area (Å²) in [6, 6.07) is -0.459. The van der Waals surface area contributed by atoms with Gasteiger partial charge >= 0.3 is 6.09 Å². The van der Waals surface area contributed by atoms with Crippen LogP contribution in [0.25, 0.3) is 11.0 Å². The number of amides is 1. The zero-order valence-electron chi connectivity index (χ0n) is 20.2. The van der Waals surface area contributed by atoms with Crippen molar-refractivity contribution in [3.8, 4) is 0 Å². The predicted octanol–water partition coefficient (Wildman–Crippen LogP) is 3.78. The van der Waals surface area contributed by atoms with Crippen molar-refractivity contribution in [2.24, 2.45) is 5.92 Å². The molecule has 0 spiro atoms. The lowest BCUT2D eigenvalue weighted by atomic mass is 9.73. The Morgan fingerprint density at radius 2 is 2.06 bits per heavy atom. The third-order valence-electron chi connectivity index (χ3n) is 6.48. The van der Waals surface area contributed by atoms with Crippen LogP contribution >= 0.6 is 11.6 Å². The van der Waals surface area contributed by atoms with Gasteiger partial charge in [0.25, 0.3) is 0 Å². The smallest absolute Gasteiger partial charge is 0.410 e. The van der Waals surface area contributed by atoms with Gasteiger partial charge in [0, 0.05) is 32.5 Å². The second-order valence-corrected chi connectivity index (χ2v) is 10.2. The number of aromatic nitrogens is 4. The zero-order chi connectivity index (χ0) is 25.7. The molecule has 0 aromatic carbocycles. The Kier molecular flexibility index (Phi) is 6.35. The number of nitrogens with two attached hydrogens (primary N) is 1. The fraction of sp³-hybridized carbons (Fsp3) is 0.522. The molecule has 2 unspecified atom stereocenters. The van der Waals surface area contributed by atoms with Crippen LogP contribution in [0.15, 0.2) is 28.8 Å². The number of carbonyl (C=O) groups is 2. The summed E-state index contributed by atoms with van der Waals surface area (Å²) in [5.41, 5.74) is 5.16. The number of halogens is 2. The first-order chi connectivity index (χ1) is 16.4. The summed E-state index contributed by atoms with van der Waals surface area (Å²) in [4.78, 5) is 33.7. The lowest BCUT2D eigenvalue weighted by Crippen LogP contribution is -2.61. The number of hydrogen-bond donors (Lipinski definition) is 1. The lowest BCUT2D eigenvalue weighted by molar-refractivity contribution is -0.100. The maximum Gasteiger partial charge on any atom is 0.410 e. The first kappa shape index (κ1) is 25.1. The van der Waals surface area contributed by atoms with Gasteiger partial charge in [-0.25, -0.2) is 23.8 Å². The molecule has 2 N–H and O–H groups in total. The third-order valence-corrected chi connectivity index (χ3v) is 6.75. The molecule has 10 nitrogen and oxygen atoms in total. The average Bonchev–Trinajstić information content (AvgIpc) is 3.13. The first-order valence-corrected chi connectivity index (χ1v) is 11.5. The van der Waals surface area contributed by atoms with E-state index in [0.29, 0.717) is 22.9 Å². The molecule has 0 saturated carbocycles. The molecule has 2 aromatic rings. The molecule has 0 radical (unpaired) electrons. The molecule has 188 valence electrons. The van der Waals surface area contributed by atoms with Gasteiger partial charge in [-0.3, -0.25) is 4.79 Å². The van der Waals surface area contributed by atoms with Gasteiger partial charge in [0.05, 0.1) is 16.5 Å². The summed E-state index contributed by atoms with van der Waals surface area (Å²) in [5.74, 6) is -0.792. The predicted molar refractivity (Wildman–Crippen MR) is 128 cm³/mol. The van der Waals surface area contributed by atoms with E-state index in [-0.39, 0.29) is 42.0 Å². The second-order valence-electron chi connectivity index (χ2n) is 9.81. The first-order valence-electron chi connectivity index (χ1n) is 11.1. The van der Waals surface area contributed by atoms with Crippen LogP contribution in [0.2, 0.25) is 0 Å². The molecule has 2 aromatic heterocycles. The minimum Gasteiger partial charge on any atom is -0.444 e. The van der Waals surface area contributed by atoms with Crippen LogP contribution in [0.4, 0.5) is 15.0 Å². The highest BCUT2D eigenvalue weighted by Crippen LogP contribution is 2.48. The highest BCUT2D eigenvalue weighted by Gasteiger charge is 2.53. The maximum atomic E-state index is 15.5. The van der Waals surface area contributed by atoms with E-state index in [1.54, 1.807) is 31.5 Å². The van der Waals surface area contributed by atoms with Crippen molar-refractivity contribution < 1.29 is 23.5 Å². The van der Waals surface area contributed by atoms with Gasteiger partial charge in [0.1, 0.15) is 29.0 Å². The second kappa shape index (κ2) is 8.87. The van der Waals surface area contributed by atoms with Crippen molar-refractivity contribution in [1.82, 2.24) is 24.6 Å². The highest BCUT2D eigenvalue weighted by molar-refractivity contribution is 6.31. The van der Waals surface area contributed by atoms with Crippen LogP contribution in [0.3, 0.4) is 0 Å². The Morgan fingerprint density at radius 1 is 1.37 bits per heavy atom. The number of fused-ring (bicyclic) bond motifs is 1. The minimum absolute atomic E-state index is 0.0862. The number of methoxy groups -OCH3 is 1. The molecule has 12 heteroatoms. The van der Waals surface area contributed by atoms with Crippen LogP contribution in [0.1, 0.15) is 50.6 Å². The SMILES string of the molecule is COC1(C2CN(C(=O)OC(C)(C)C)C2)CC(C(C)n2nc(C=O)c3c(N)ncnc32)=CC(Cl)=C1F. The molecule has 1 saturated heterocycles. The molecule has 1 amide bonds. The van der Waals surface area contributed by atoms with E-state index in [9.17, 15) is 9.59 Å². The topological polar surface area (TPSA) is 125 Å². The fourth-order valence-electron chi connectivity index (χ4n) is 4.56. The van der Waals surface area contributed by atoms with Crippen LogP contribution in [-0.4, -0.2) is 68.4 Å². The van der Waals surface area contributed by atoms with Crippen molar-refractivity contribution in [2.75, 3.05) is 25.9 Å². The standard InChI is InChI=1S/C23H28ClFN6O4/c1-12(31-20-17(16(10-32)29-31)19(26)27-11-28-20)13-6-15(24)18(25)23(7-13,34-5)14-8-30(9-14)21(33)35-22(2,3)4/h6,10-12,14H,7-9H2,1-5H3,(H2,26,27,28). The normalized spacial score (nSPS) is 22.1. The zero-order valence-corrected chi connectivity index (χ0v) is 21.0. The molecule has 3 heterocycles. The Hall–Kier alpha value is -3.05. The number of likely N-dealkylation sites (tertiary alicyclic amines) is 1. The highest BCUT2D eigenvalue weighted by atomic mass is 35.5. The Labute approximate surface area is 206 Å². The van der Waals surface area contributed by atoms with E-state index in [2.05, 4.69) is 15.1 Å². The molecule has 0 bridgehead atoms. The largest absolute Gasteiger partial charge is 0.444 e. The van der Waals surface area contributed by atoms with E-state index in [1.165, 1.54) is 18.3 Å². The van der Waals surface area contributed by atoms with E-state index in [1.807, 2.05) is 6.92 Å². The Morgan fingerprint density at radius 3 is 2.66 bits per heavy atom. The van der Waals surface area contributed by atoms with Gasteiger partial charge in [0.2, 0.25) is 0 Å². The molecule has 1 fully saturated rings. The van der Waals surface area contributed by atoms with Gasteiger partial charge in [-0.15, -0.1) is 0 Å². The van der Waals surface area contributed by atoms with Gasteiger partial charge in [-0.1, -0.05) is 11.6 Å². The number of anilines is 1. The molecule has 1 aliphatic carbocycles. The summed E-state index contributed by atoms with van der Waals surface area (Å²) < 4.78 is 28.2. The molecular formula is C23H28ClFN6O4. The molecule has 2 atom stereocenters. The number of hydrogen-bond acceptors (Lipinski definition) is 8. The van der Waals surface area contributed by atoms with E-state index in [4.69, 9.17) is 26.8 Å². The molecular weight excluding hydrogens is 479 g/mol. The monoisotopic (exact) mass is 506 g/mol. The van der Waals surface area contributed by atoms with E-state index in [0.717, 1.165) is 0 Å². The van der Waals surface area contributed by atoms with Gasteiger partial charge in [-0.05, 0) is 39.3 Å². The molecule has 1 aliphatic heterocycles. The average molecular weight is 507 g/mol. The molecule has 35 heavy (non-hydrogen) atoms. The van der Waals surface area contributed by atoms with Gasteiger partial charge < -0.3 is 20.1 Å². The van der Waals surface area contributed by atoms with Crippen LogP contribution in [0, 0.1) is 5.92 Å². The summed E-state index contributed by atoms with van der Waals surface area (Å²) >= 11 is 6.36. The number of carbonyl (C=O) groups excluding carboxylic acids is 2. The number of nitrogens with zero attached hydrogens (tertiary/aromatic N) is 5. The van der Waals surface area contributed by atoms with Crippen molar-refractivity contribution in [1.29, 1.82) is 0 Å². The van der Waals surface area contributed by atoms with Crippen molar-refractivity contribution in [2.45, 2.75) is 51.4 Å². The number of nitrogen functional groups attached to an aromatic ring is 1. The van der Waals surface area contributed by atoms with E-state index >= 15 is 4.39 Å². The number of ether oxygens (including phenoxy) is 2. The lowest BCUT2D eigenvalue weighted by Gasteiger charge is -2.50. The summed E-state index contributed by atoms with van der Waals surface area (Å²) in [5, 5.41) is 4.64. The van der Waals surface area contributed by atoms with Gasteiger partial charge in [-0.2, -0.15) is 5.10 Å². The Bertz CT molecular complexity index is 1250. The molecule has 4 rings (SSSR count). The van der Waals surface area contributed by atoms with E-state index < -0.39 is 29.2 Å².